The number of rotatable bonds is 7. The average molecular weight is 563 g/mol. The van der Waals surface area contributed by atoms with Crippen molar-refractivity contribution < 1.29 is 0 Å². The van der Waals surface area contributed by atoms with E-state index in [2.05, 4.69) is 149 Å². The quantitative estimate of drug-likeness (QED) is 0.134. The lowest BCUT2D eigenvalue weighted by Gasteiger charge is -2.22. The van der Waals surface area contributed by atoms with Crippen LogP contribution in [0.3, 0.4) is 0 Å². The van der Waals surface area contributed by atoms with Gasteiger partial charge in [-0.25, -0.2) is 0 Å². The molecule has 0 aliphatic carbocycles. The first kappa shape index (κ1) is 27.4. The summed E-state index contributed by atoms with van der Waals surface area (Å²) in [7, 11) is 0. The van der Waals surface area contributed by atoms with Crippen molar-refractivity contribution in [3.63, 3.8) is 0 Å². The van der Waals surface area contributed by atoms with Gasteiger partial charge in [0.05, 0.1) is 0 Å². The Labute approximate surface area is 259 Å². The molecule has 0 amide bonds. The molecule has 7 rings (SSSR count). The van der Waals surface area contributed by atoms with Gasteiger partial charge in [0.2, 0.25) is 0 Å². The van der Waals surface area contributed by atoms with Crippen molar-refractivity contribution in [2.24, 2.45) is 0 Å². The summed E-state index contributed by atoms with van der Waals surface area (Å²) in [6.45, 7) is 17.0. The molecular formula is C44H34. The summed E-state index contributed by atoms with van der Waals surface area (Å²) in [4.78, 5) is 0. The second-order valence-corrected chi connectivity index (χ2v) is 11.3. The number of benzene rings is 7. The Morgan fingerprint density at radius 2 is 1.14 bits per heavy atom. The van der Waals surface area contributed by atoms with Crippen LogP contribution in [0.15, 0.2) is 147 Å². The van der Waals surface area contributed by atoms with Crippen molar-refractivity contribution in [2.75, 3.05) is 0 Å². The minimum absolute atomic E-state index is 1.10. The van der Waals surface area contributed by atoms with Gasteiger partial charge in [-0.3, -0.25) is 0 Å². The molecule has 0 nitrogen and oxygen atoms in total. The van der Waals surface area contributed by atoms with E-state index in [4.69, 9.17) is 0 Å². The first-order valence-electron chi connectivity index (χ1n) is 15.2. The Kier molecular flexibility index (Phi) is 6.84. The minimum Gasteiger partial charge on any atom is -0.0984 e. The highest BCUT2D eigenvalue weighted by atomic mass is 14.2. The van der Waals surface area contributed by atoms with Gasteiger partial charge >= 0.3 is 0 Å². The molecule has 0 heterocycles. The molecule has 44 heavy (non-hydrogen) atoms. The SMILES string of the molecule is C=C/C(=C(C)/C=C\C)c1ccc2ccc3c(-c4c(C=C)c(C=C)c(-c5ccccc5)c5ccccc45)ccc4ccc1c2c43. The van der Waals surface area contributed by atoms with Gasteiger partial charge in [-0.1, -0.05) is 153 Å². The molecule has 0 atom stereocenters. The van der Waals surface area contributed by atoms with Crippen LogP contribution in [0.2, 0.25) is 0 Å². The first-order valence-corrected chi connectivity index (χ1v) is 15.2. The summed E-state index contributed by atoms with van der Waals surface area (Å²) in [6, 6.07) is 37.6. The smallest absolute Gasteiger partial charge is 0.00203 e. The normalized spacial score (nSPS) is 12.4. The van der Waals surface area contributed by atoms with Gasteiger partial charge in [0.25, 0.3) is 0 Å². The lowest BCUT2D eigenvalue weighted by Crippen LogP contribution is -1.97. The van der Waals surface area contributed by atoms with Crippen LogP contribution in [0.5, 0.6) is 0 Å². The van der Waals surface area contributed by atoms with Gasteiger partial charge in [-0.2, -0.15) is 0 Å². The highest BCUT2D eigenvalue weighted by molar-refractivity contribution is 6.28. The van der Waals surface area contributed by atoms with Crippen molar-refractivity contribution in [1.29, 1.82) is 0 Å². The predicted octanol–water partition coefficient (Wildman–Crippen LogP) is 12.9. The lowest BCUT2D eigenvalue weighted by atomic mass is 9.81. The van der Waals surface area contributed by atoms with E-state index in [9.17, 15) is 0 Å². The third-order valence-electron chi connectivity index (χ3n) is 9.04. The molecule has 0 aliphatic rings. The van der Waals surface area contributed by atoms with E-state index in [0.29, 0.717) is 0 Å². The molecule has 0 radical (unpaired) electrons. The van der Waals surface area contributed by atoms with Crippen LogP contribution in [0.1, 0.15) is 30.5 Å². The van der Waals surface area contributed by atoms with Crippen molar-refractivity contribution in [2.45, 2.75) is 13.8 Å². The molecule has 0 N–H and O–H groups in total. The molecular weight excluding hydrogens is 528 g/mol. The largest absolute Gasteiger partial charge is 0.0984 e. The van der Waals surface area contributed by atoms with Gasteiger partial charge in [0.15, 0.2) is 0 Å². The molecule has 7 aromatic carbocycles. The summed E-state index contributed by atoms with van der Waals surface area (Å²) in [5, 5.41) is 9.97. The Morgan fingerprint density at radius 1 is 0.568 bits per heavy atom. The number of hydrogen-bond donors (Lipinski definition) is 0. The van der Waals surface area contributed by atoms with Crippen LogP contribution in [-0.4, -0.2) is 0 Å². The molecule has 0 heteroatoms. The van der Waals surface area contributed by atoms with Crippen molar-refractivity contribution >= 4 is 60.8 Å². The maximum Gasteiger partial charge on any atom is -0.00203 e. The molecule has 0 fully saturated rings. The molecule has 0 unspecified atom stereocenters. The first-order chi connectivity index (χ1) is 21.6. The second kappa shape index (κ2) is 11.0. The minimum atomic E-state index is 1.10. The van der Waals surface area contributed by atoms with Crippen LogP contribution in [0, 0.1) is 0 Å². The molecule has 0 aromatic heterocycles. The molecule has 0 spiro atoms. The van der Waals surface area contributed by atoms with E-state index < -0.39 is 0 Å². The summed E-state index contributed by atoms with van der Waals surface area (Å²) >= 11 is 0. The summed E-state index contributed by atoms with van der Waals surface area (Å²) in [6.07, 6.45) is 10.2. The zero-order valence-corrected chi connectivity index (χ0v) is 25.3. The highest BCUT2D eigenvalue weighted by Gasteiger charge is 2.21. The lowest BCUT2D eigenvalue weighted by molar-refractivity contribution is 1.50. The van der Waals surface area contributed by atoms with E-state index in [1.54, 1.807) is 0 Å². The van der Waals surface area contributed by atoms with Gasteiger partial charge in [-0.05, 0) is 107 Å². The van der Waals surface area contributed by atoms with Crippen LogP contribution >= 0.6 is 0 Å². The molecule has 0 saturated heterocycles. The van der Waals surface area contributed by atoms with Gasteiger partial charge < -0.3 is 0 Å². The fourth-order valence-electron chi connectivity index (χ4n) is 7.19. The van der Waals surface area contributed by atoms with Crippen LogP contribution in [0.4, 0.5) is 0 Å². The Hall–Kier alpha value is -5.46. The third kappa shape index (κ3) is 4.07. The molecule has 7 aromatic rings. The van der Waals surface area contributed by atoms with Crippen LogP contribution in [0.25, 0.3) is 83.1 Å². The zero-order valence-electron chi connectivity index (χ0n) is 25.3. The maximum absolute atomic E-state index is 4.33. The topological polar surface area (TPSA) is 0 Å². The Bertz CT molecular complexity index is 2320. The molecule has 0 aliphatic heterocycles. The second-order valence-electron chi connectivity index (χ2n) is 11.3. The molecule has 0 bridgehead atoms. The monoisotopic (exact) mass is 562 g/mol. The zero-order chi connectivity index (χ0) is 30.4. The fraction of sp³-hybridized carbons (Fsp3) is 0.0455. The summed E-state index contributed by atoms with van der Waals surface area (Å²) in [5.41, 5.74) is 10.5. The standard InChI is InChI=1S/C44H34/c1-6-15-28(5)32(7-2)35-24-20-30-22-26-39-40(27-23-31-21-25-38(35)42(30)43(31)39)44-34(9-4)33(8-3)41(29-16-11-10-12-17-29)36-18-13-14-19-37(36)44/h6-27H,2-4H2,1,5H3/b15-6-,32-28-. The maximum atomic E-state index is 4.33. The van der Waals surface area contributed by atoms with Crippen molar-refractivity contribution in [3.8, 4) is 22.3 Å². The summed E-state index contributed by atoms with van der Waals surface area (Å²) < 4.78 is 0. The summed E-state index contributed by atoms with van der Waals surface area (Å²) in [5.74, 6) is 0. The van der Waals surface area contributed by atoms with E-state index in [-0.39, 0.29) is 0 Å². The average Bonchev–Trinajstić information content (AvgIpc) is 3.07. The van der Waals surface area contributed by atoms with Gasteiger partial charge in [-0.15, -0.1) is 0 Å². The van der Waals surface area contributed by atoms with E-state index in [0.717, 1.165) is 16.7 Å². The van der Waals surface area contributed by atoms with E-state index in [1.807, 2.05) is 18.2 Å². The highest BCUT2D eigenvalue weighted by Crippen LogP contribution is 2.47. The van der Waals surface area contributed by atoms with Gasteiger partial charge in [0.1, 0.15) is 0 Å². The number of hydrogen-bond acceptors (Lipinski definition) is 0. The Morgan fingerprint density at radius 3 is 1.80 bits per heavy atom. The van der Waals surface area contributed by atoms with Crippen LogP contribution in [-0.2, 0) is 0 Å². The Balaban J connectivity index is 1.62. The molecule has 0 saturated carbocycles. The number of fused-ring (bicyclic) bond motifs is 1. The van der Waals surface area contributed by atoms with E-state index >= 15 is 0 Å². The number of allylic oxidation sites excluding steroid dienone is 5. The third-order valence-corrected chi connectivity index (χ3v) is 9.04. The van der Waals surface area contributed by atoms with Gasteiger partial charge in [0, 0.05) is 0 Å². The predicted molar refractivity (Wildman–Crippen MR) is 196 cm³/mol. The van der Waals surface area contributed by atoms with E-state index in [1.165, 1.54) is 76.5 Å². The van der Waals surface area contributed by atoms with Crippen LogP contribution < -0.4 is 0 Å². The van der Waals surface area contributed by atoms with Crippen molar-refractivity contribution in [1.82, 2.24) is 0 Å². The van der Waals surface area contributed by atoms with Crippen molar-refractivity contribution in [3.05, 3.63) is 163 Å². The molecule has 210 valence electrons. The fourth-order valence-corrected chi connectivity index (χ4v) is 7.19.